The average molecular weight is 273 g/mol. The first-order chi connectivity index (χ1) is 9.65. The summed E-state index contributed by atoms with van der Waals surface area (Å²) in [6.07, 6.45) is 0. The second kappa shape index (κ2) is 6.53. The molecule has 1 N–H and O–H groups in total. The fourth-order valence-corrected chi connectivity index (χ4v) is 2.37. The van der Waals surface area contributed by atoms with Gasteiger partial charge in [-0.2, -0.15) is 0 Å². The van der Waals surface area contributed by atoms with Crippen LogP contribution < -0.4 is 10.1 Å². The van der Waals surface area contributed by atoms with Crippen molar-refractivity contribution in [2.24, 2.45) is 0 Å². The van der Waals surface area contributed by atoms with Crippen LogP contribution in [0.2, 0.25) is 0 Å². The molecule has 0 spiro atoms. The summed E-state index contributed by atoms with van der Waals surface area (Å²) in [5.74, 6) is 0.635. The highest BCUT2D eigenvalue weighted by atomic mass is 19.1. The largest absolute Gasteiger partial charge is 0.497 e. The fraction of sp³-hybridized carbons (Fsp3) is 0.294. The fourth-order valence-electron chi connectivity index (χ4n) is 2.37. The lowest BCUT2D eigenvalue weighted by Crippen LogP contribution is -2.22. The number of hydrogen-bond acceptors (Lipinski definition) is 2. The summed E-state index contributed by atoms with van der Waals surface area (Å²) in [7, 11) is 1.66. The third-order valence-electron chi connectivity index (χ3n) is 3.40. The molecule has 0 aromatic heterocycles. The molecular formula is C17H20FNO. The topological polar surface area (TPSA) is 21.3 Å². The quantitative estimate of drug-likeness (QED) is 0.893. The summed E-state index contributed by atoms with van der Waals surface area (Å²) in [5, 5.41) is 3.45. The lowest BCUT2D eigenvalue weighted by molar-refractivity contribution is 0.414. The summed E-state index contributed by atoms with van der Waals surface area (Å²) in [4.78, 5) is 0. The van der Waals surface area contributed by atoms with E-state index in [1.165, 1.54) is 17.7 Å². The third-order valence-corrected chi connectivity index (χ3v) is 3.40. The SMILES string of the molecule is CCNC(c1ccc(F)cc1)c1ccc(OC)cc1C. The number of ether oxygens (including phenoxy) is 1. The van der Waals surface area contributed by atoms with Crippen molar-refractivity contribution in [2.45, 2.75) is 19.9 Å². The van der Waals surface area contributed by atoms with Crippen molar-refractivity contribution < 1.29 is 9.13 Å². The van der Waals surface area contributed by atoms with Gasteiger partial charge in [0.1, 0.15) is 11.6 Å². The molecule has 1 unspecified atom stereocenters. The van der Waals surface area contributed by atoms with Crippen molar-refractivity contribution >= 4 is 0 Å². The van der Waals surface area contributed by atoms with Gasteiger partial charge in [-0.15, -0.1) is 0 Å². The van der Waals surface area contributed by atoms with Gasteiger partial charge in [0.05, 0.1) is 13.2 Å². The minimum atomic E-state index is -0.213. The van der Waals surface area contributed by atoms with Crippen LogP contribution in [0.4, 0.5) is 4.39 Å². The molecule has 20 heavy (non-hydrogen) atoms. The molecule has 0 aliphatic heterocycles. The van der Waals surface area contributed by atoms with Gasteiger partial charge in [-0.25, -0.2) is 4.39 Å². The minimum absolute atomic E-state index is 0.0616. The van der Waals surface area contributed by atoms with E-state index in [1.807, 2.05) is 24.3 Å². The highest BCUT2D eigenvalue weighted by Gasteiger charge is 2.15. The monoisotopic (exact) mass is 273 g/mol. The van der Waals surface area contributed by atoms with Crippen LogP contribution in [-0.4, -0.2) is 13.7 Å². The van der Waals surface area contributed by atoms with Crippen LogP contribution in [0.1, 0.15) is 29.7 Å². The number of rotatable bonds is 5. The Bertz CT molecular complexity index is 566. The Hall–Kier alpha value is -1.87. The molecule has 2 rings (SSSR count). The van der Waals surface area contributed by atoms with Gasteiger partial charge in [0.2, 0.25) is 0 Å². The van der Waals surface area contributed by atoms with Gasteiger partial charge >= 0.3 is 0 Å². The molecule has 0 bridgehead atoms. The van der Waals surface area contributed by atoms with Gasteiger partial charge in [-0.05, 0) is 54.4 Å². The molecule has 0 fully saturated rings. The Kier molecular flexibility index (Phi) is 4.74. The third kappa shape index (κ3) is 3.17. The van der Waals surface area contributed by atoms with Crippen LogP contribution in [0.5, 0.6) is 5.75 Å². The van der Waals surface area contributed by atoms with Crippen LogP contribution in [0.25, 0.3) is 0 Å². The Morgan fingerprint density at radius 3 is 2.40 bits per heavy atom. The van der Waals surface area contributed by atoms with Gasteiger partial charge in [-0.1, -0.05) is 25.1 Å². The molecule has 2 nitrogen and oxygen atoms in total. The van der Waals surface area contributed by atoms with Gasteiger partial charge < -0.3 is 10.1 Å². The van der Waals surface area contributed by atoms with Crippen molar-refractivity contribution in [3.63, 3.8) is 0 Å². The summed E-state index contributed by atoms with van der Waals surface area (Å²) < 4.78 is 18.3. The van der Waals surface area contributed by atoms with E-state index >= 15 is 0 Å². The van der Waals surface area contributed by atoms with Gasteiger partial charge in [-0.3, -0.25) is 0 Å². The first-order valence-corrected chi connectivity index (χ1v) is 6.79. The molecule has 0 aliphatic carbocycles. The van der Waals surface area contributed by atoms with Crippen molar-refractivity contribution in [1.82, 2.24) is 5.32 Å². The maximum atomic E-state index is 13.1. The molecule has 0 radical (unpaired) electrons. The van der Waals surface area contributed by atoms with E-state index in [-0.39, 0.29) is 11.9 Å². The molecule has 2 aromatic carbocycles. The minimum Gasteiger partial charge on any atom is -0.497 e. The first-order valence-electron chi connectivity index (χ1n) is 6.79. The van der Waals surface area contributed by atoms with E-state index in [0.717, 1.165) is 23.4 Å². The van der Waals surface area contributed by atoms with Crippen LogP contribution >= 0.6 is 0 Å². The maximum absolute atomic E-state index is 13.1. The number of halogens is 1. The second-order valence-corrected chi connectivity index (χ2v) is 4.76. The van der Waals surface area contributed by atoms with Crippen LogP contribution in [0.3, 0.4) is 0 Å². The normalized spacial score (nSPS) is 12.2. The molecule has 0 saturated carbocycles. The van der Waals surface area contributed by atoms with Crippen molar-refractivity contribution in [3.05, 3.63) is 65.0 Å². The Labute approximate surface area is 119 Å². The van der Waals surface area contributed by atoms with Crippen LogP contribution in [0.15, 0.2) is 42.5 Å². The zero-order valence-corrected chi connectivity index (χ0v) is 12.1. The summed E-state index contributed by atoms with van der Waals surface area (Å²) in [6.45, 7) is 4.97. The predicted octanol–water partition coefficient (Wildman–Crippen LogP) is 3.84. The van der Waals surface area contributed by atoms with Crippen molar-refractivity contribution in [1.29, 1.82) is 0 Å². The van der Waals surface area contributed by atoms with Crippen LogP contribution in [-0.2, 0) is 0 Å². The highest BCUT2D eigenvalue weighted by molar-refractivity contribution is 5.41. The zero-order valence-electron chi connectivity index (χ0n) is 12.1. The predicted molar refractivity (Wildman–Crippen MR) is 79.7 cm³/mol. The lowest BCUT2D eigenvalue weighted by Gasteiger charge is -2.21. The van der Waals surface area contributed by atoms with Crippen molar-refractivity contribution in [2.75, 3.05) is 13.7 Å². The summed E-state index contributed by atoms with van der Waals surface area (Å²) >= 11 is 0. The molecule has 0 saturated heterocycles. The number of benzene rings is 2. The Morgan fingerprint density at radius 2 is 1.85 bits per heavy atom. The maximum Gasteiger partial charge on any atom is 0.123 e. The van der Waals surface area contributed by atoms with Gasteiger partial charge in [0, 0.05) is 0 Å². The number of aryl methyl sites for hydroxylation is 1. The first kappa shape index (κ1) is 14.5. The van der Waals surface area contributed by atoms with Crippen molar-refractivity contribution in [3.8, 4) is 5.75 Å². The summed E-state index contributed by atoms with van der Waals surface area (Å²) in [6, 6.07) is 12.7. The van der Waals surface area contributed by atoms with Crippen LogP contribution in [0, 0.1) is 12.7 Å². The Morgan fingerprint density at radius 1 is 1.15 bits per heavy atom. The van der Waals surface area contributed by atoms with E-state index in [4.69, 9.17) is 4.74 Å². The van der Waals surface area contributed by atoms with Gasteiger partial charge in [0.25, 0.3) is 0 Å². The molecule has 1 atom stereocenters. The molecule has 0 aliphatic rings. The van der Waals surface area contributed by atoms with Gasteiger partial charge in [0.15, 0.2) is 0 Å². The van der Waals surface area contributed by atoms with E-state index in [1.54, 1.807) is 7.11 Å². The van der Waals surface area contributed by atoms with E-state index < -0.39 is 0 Å². The molecule has 0 amide bonds. The van der Waals surface area contributed by atoms with E-state index in [2.05, 4.69) is 25.2 Å². The lowest BCUT2D eigenvalue weighted by atomic mass is 9.94. The molecule has 2 aromatic rings. The summed E-state index contributed by atoms with van der Waals surface area (Å²) in [5.41, 5.74) is 3.39. The number of hydrogen-bond donors (Lipinski definition) is 1. The standard InChI is InChI=1S/C17H20FNO/c1-4-19-17(13-5-7-14(18)8-6-13)16-10-9-15(20-3)11-12(16)2/h5-11,17,19H,4H2,1-3H3. The number of methoxy groups -OCH3 is 1. The molecule has 3 heteroatoms. The highest BCUT2D eigenvalue weighted by Crippen LogP contribution is 2.27. The van der Waals surface area contributed by atoms with E-state index in [0.29, 0.717) is 0 Å². The molecule has 106 valence electrons. The average Bonchev–Trinajstić information content (AvgIpc) is 2.46. The van der Waals surface area contributed by atoms with E-state index in [9.17, 15) is 4.39 Å². The molecular weight excluding hydrogens is 253 g/mol. The zero-order chi connectivity index (χ0) is 14.5. The second-order valence-electron chi connectivity index (χ2n) is 4.76. The number of nitrogens with one attached hydrogen (secondary N) is 1. The Balaban J connectivity index is 2.40. The molecule has 0 heterocycles. The smallest absolute Gasteiger partial charge is 0.123 e.